The Morgan fingerprint density at radius 2 is 2.26 bits per heavy atom. The highest BCUT2D eigenvalue weighted by molar-refractivity contribution is 5.62. The maximum atomic E-state index is 13.7. The summed E-state index contributed by atoms with van der Waals surface area (Å²) in [6, 6.07) is 4.01. The van der Waals surface area contributed by atoms with Crippen molar-refractivity contribution in [2.45, 2.75) is 25.4 Å². The van der Waals surface area contributed by atoms with Gasteiger partial charge in [0, 0.05) is 6.61 Å². The van der Waals surface area contributed by atoms with E-state index in [4.69, 9.17) is 9.26 Å². The first-order chi connectivity index (χ1) is 9.10. The van der Waals surface area contributed by atoms with Crippen LogP contribution in [-0.2, 0) is 10.3 Å². The highest BCUT2D eigenvalue weighted by Crippen LogP contribution is 2.36. The van der Waals surface area contributed by atoms with Gasteiger partial charge in [-0.1, -0.05) is 11.2 Å². The van der Waals surface area contributed by atoms with Crippen LogP contribution in [0.15, 0.2) is 22.7 Å². The number of phenols is 1. The molecule has 5 nitrogen and oxygen atoms in total. The average molecular weight is 264 g/mol. The van der Waals surface area contributed by atoms with Crippen LogP contribution in [0, 0.1) is 5.82 Å². The lowest BCUT2D eigenvalue weighted by Crippen LogP contribution is -2.21. The molecule has 1 saturated heterocycles. The Morgan fingerprint density at radius 1 is 1.42 bits per heavy atom. The van der Waals surface area contributed by atoms with Gasteiger partial charge in [0.25, 0.3) is 5.89 Å². The molecule has 6 heteroatoms. The molecule has 0 bridgehead atoms. The van der Waals surface area contributed by atoms with Crippen molar-refractivity contribution in [3.8, 4) is 17.2 Å². The smallest absolute Gasteiger partial charge is 0.264 e. The molecule has 2 heterocycles. The van der Waals surface area contributed by atoms with E-state index < -0.39 is 11.4 Å². The number of hydrogen-bond donors (Lipinski definition) is 1. The average Bonchev–Trinajstić information content (AvgIpc) is 2.99. The molecule has 2 aromatic rings. The molecular weight excluding hydrogens is 251 g/mol. The molecule has 0 spiro atoms. The number of benzene rings is 1. The molecule has 3 rings (SSSR count). The van der Waals surface area contributed by atoms with Gasteiger partial charge in [-0.2, -0.15) is 4.98 Å². The summed E-state index contributed by atoms with van der Waals surface area (Å²) in [5.41, 5.74) is -0.675. The molecule has 19 heavy (non-hydrogen) atoms. The SMILES string of the molecule is CC1(c2noc(-c3c(O)cccc3F)n2)CCCO1. The number of aromatic nitrogens is 2. The van der Waals surface area contributed by atoms with Crippen LogP contribution < -0.4 is 0 Å². The van der Waals surface area contributed by atoms with Crippen LogP contribution in [0.2, 0.25) is 0 Å². The van der Waals surface area contributed by atoms with Crippen LogP contribution in [0.25, 0.3) is 11.5 Å². The third kappa shape index (κ3) is 1.98. The zero-order valence-corrected chi connectivity index (χ0v) is 10.4. The number of phenolic OH excluding ortho intramolecular Hbond substituents is 1. The largest absolute Gasteiger partial charge is 0.507 e. The van der Waals surface area contributed by atoms with Crippen molar-refractivity contribution in [3.05, 3.63) is 29.8 Å². The lowest BCUT2D eigenvalue weighted by molar-refractivity contribution is 0.00768. The van der Waals surface area contributed by atoms with Gasteiger partial charge in [0.1, 0.15) is 22.7 Å². The maximum Gasteiger partial charge on any atom is 0.264 e. The van der Waals surface area contributed by atoms with E-state index in [1.54, 1.807) is 0 Å². The summed E-state index contributed by atoms with van der Waals surface area (Å²) in [6.45, 7) is 2.52. The Hall–Kier alpha value is -1.95. The van der Waals surface area contributed by atoms with E-state index in [0.717, 1.165) is 12.8 Å². The Morgan fingerprint density at radius 3 is 2.95 bits per heavy atom. The van der Waals surface area contributed by atoms with Crippen molar-refractivity contribution < 1.29 is 18.8 Å². The summed E-state index contributed by atoms with van der Waals surface area (Å²) < 4.78 is 24.3. The first-order valence-electron chi connectivity index (χ1n) is 6.06. The fraction of sp³-hybridized carbons (Fsp3) is 0.385. The molecule has 0 amide bonds. The standard InChI is InChI=1S/C13H13FN2O3/c1-13(6-3-7-18-13)12-15-11(19-16-12)10-8(14)4-2-5-9(10)17/h2,4-5,17H,3,6-7H2,1H3. The van der Waals surface area contributed by atoms with Crippen LogP contribution >= 0.6 is 0 Å². The normalized spacial score (nSPS) is 22.8. The summed E-state index contributed by atoms with van der Waals surface area (Å²) in [4.78, 5) is 4.15. The lowest BCUT2D eigenvalue weighted by Gasteiger charge is -2.17. The molecule has 1 aromatic heterocycles. The van der Waals surface area contributed by atoms with Gasteiger partial charge in [0.15, 0.2) is 0 Å². The molecule has 1 aromatic carbocycles. The van der Waals surface area contributed by atoms with Gasteiger partial charge >= 0.3 is 0 Å². The molecule has 1 fully saturated rings. The highest BCUT2D eigenvalue weighted by Gasteiger charge is 2.37. The van der Waals surface area contributed by atoms with E-state index in [0.29, 0.717) is 12.4 Å². The van der Waals surface area contributed by atoms with Gasteiger partial charge in [0.2, 0.25) is 5.82 Å². The fourth-order valence-electron chi connectivity index (χ4n) is 2.22. The van der Waals surface area contributed by atoms with Crippen LogP contribution in [0.3, 0.4) is 0 Å². The molecule has 100 valence electrons. The number of nitrogens with zero attached hydrogens (tertiary/aromatic N) is 2. The predicted molar refractivity (Wildman–Crippen MR) is 63.9 cm³/mol. The van der Waals surface area contributed by atoms with Gasteiger partial charge in [-0.05, 0) is 31.9 Å². The molecule has 0 radical (unpaired) electrons. The number of aromatic hydroxyl groups is 1. The van der Waals surface area contributed by atoms with Gasteiger partial charge in [0.05, 0.1) is 0 Å². The molecule has 1 unspecified atom stereocenters. The summed E-state index contributed by atoms with van der Waals surface area (Å²) >= 11 is 0. The first kappa shape index (κ1) is 12.1. The van der Waals surface area contributed by atoms with E-state index in [2.05, 4.69) is 10.1 Å². The molecule has 1 aliphatic heterocycles. The molecule has 1 atom stereocenters. The lowest BCUT2D eigenvalue weighted by atomic mass is 10.0. The second-order valence-corrected chi connectivity index (χ2v) is 4.74. The molecule has 0 aliphatic carbocycles. The minimum Gasteiger partial charge on any atom is -0.507 e. The van der Waals surface area contributed by atoms with Gasteiger partial charge < -0.3 is 14.4 Å². The minimum absolute atomic E-state index is 0.0395. The Labute approximate surface area is 109 Å². The topological polar surface area (TPSA) is 68.4 Å². The summed E-state index contributed by atoms with van der Waals surface area (Å²) in [5.74, 6) is -0.495. The van der Waals surface area contributed by atoms with Gasteiger partial charge in [-0.3, -0.25) is 0 Å². The van der Waals surface area contributed by atoms with Crippen molar-refractivity contribution in [2.75, 3.05) is 6.61 Å². The van der Waals surface area contributed by atoms with E-state index in [1.807, 2.05) is 6.92 Å². The van der Waals surface area contributed by atoms with Gasteiger partial charge in [-0.15, -0.1) is 0 Å². The number of rotatable bonds is 2. The zero-order chi connectivity index (χ0) is 13.5. The van der Waals surface area contributed by atoms with Crippen molar-refractivity contribution in [3.63, 3.8) is 0 Å². The fourth-order valence-corrected chi connectivity index (χ4v) is 2.22. The van der Waals surface area contributed by atoms with Crippen LogP contribution in [0.5, 0.6) is 5.75 Å². The second kappa shape index (κ2) is 4.31. The highest BCUT2D eigenvalue weighted by atomic mass is 19.1. The van der Waals surface area contributed by atoms with E-state index in [9.17, 15) is 9.50 Å². The molecule has 1 N–H and O–H groups in total. The van der Waals surface area contributed by atoms with Crippen molar-refractivity contribution in [2.24, 2.45) is 0 Å². The quantitative estimate of drug-likeness (QED) is 0.903. The Bertz CT molecular complexity index is 585. The van der Waals surface area contributed by atoms with Crippen LogP contribution in [0.4, 0.5) is 4.39 Å². The van der Waals surface area contributed by atoms with Gasteiger partial charge in [-0.25, -0.2) is 4.39 Å². The van der Waals surface area contributed by atoms with Crippen LogP contribution in [-0.4, -0.2) is 21.9 Å². The third-order valence-corrected chi connectivity index (χ3v) is 3.32. The molecule has 0 saturated carbocycles. The van der Waals surface area contributed by atoms with E-state index in [-0.39, 0.29) is 17.2 Å². The Kier molecular flexibility index (Phi) is 2.74. The summed E-state index contributed by atoms with van der Waals surface area (Å²) in [7, 11) is 0. The van der Waals surface area contributed by atoms with E-state index >= 15 is 0 Å². The summed E-state index contributed by atoms with van der Waals surface area (Å²) in [5, 5.41) is 13.5. The van der Waals surface area contributed by atoms with Crippen molar-refractivity contribution in [1.82, 2.24) is 10.1 Å². The molecular formula is C13H13FN2O3. The predicted octanol–water partition coefficient (Wildman–Crippen LogP) is 2.61. The zero-order valence-electron chi connectivity index (χ0n) is 10.4. The monoisotopic (exact) mass is 264 g/mol. The minimum atomic E-state index is -0.604. The van der Waals surface area contributed by atoms with Crippen molar-refractivity contribution in [1.29, 1.82) is 0 Å². The number of hydrogen-bond acceptors (Lipinski definition) is 5. The Balaban J connectivity index is 2.02. The third-order valence-electron chi connectivity index (χ3n) is 3.32. The molecule has 1 aliphatic rings. The second-order valence-electron chi connectivity index (χ2n) is 4.74. The first-order valence-corrected chi connectivity index (χ1v) is 6.06. The maximum absolute atomic E-state index is 13.7. The van der Waals surface area contributed by atoms with Crippen molar-refractivity contribution >= 4 is 0 Å². The van der Waals surface area contributed by atoms with E-state index in [1.165, 1.54) is 18.2 Å². The summed E-state index contributed by atoms with van der Waals surface area (Å²) in [6.07, 6.45) is 1.71. The van der Waals surface area contributed by atoms with Crippen LogP contribution in [0.1, 0.15) is 25.6 Å². The number of halogens is 1. The number of ether oxygens (including phenoxy) is 1.